The first-order valence-electron chi connectivity index (χ1n) is 6.96. The Morgan fingerprint density at radius 3 is 2.32 bits per heavy atom. The van der Waals surface area contributed by atoms with Gasteiger partial charge in [0.1, 0.15) is 5.75 Å². The molecule has 0 aromatic heterocycles. The minimum absolute atomic E-state index is 0.211. The van der Waals surface area contributed by atoms with Gasteiger partial charge in [-0.2, -0.15) is 0 Å². The average molecular weight is 266 g/mol. The van der Waals surface area contributed by atoms with Crippen molar-refractivity contribution >= 4 is 5.97 Å². The van der Waals surface area contributed by atoms with Gasteiger partial charge in [-0.05, 0) is 49.4 Å². The predicted octanol–water partition coefficient (Wildman–Crippen LogP) is 3.78. The molecule has 3 nitrogen and oxygen atoms in total. The van der Waals surface area contributed by atoms with Crippen molar-refractivity contribution in [3.8, 4) is 5.75 Å². The number of benzene rings is 1. The van der Waals surface area contributed by atoms with Gasteiger partial charge in [0, 0.05) is 6.92 Å². The monoisotopic (exact) mass is 266 g/mol. The topological polar surface area (TPSA) is 35.5 Å². The SMILES string of the molecule is CC.CCOC(C)=O.COc1ccc2c(c1)CCC2. The van der Waals surface area contributed by atoms with Crippen molar-refractivity contribution < 1.29 is 14.3 Å². The maximum absolute atomic E-state index is 9.82. The summed E-state index contributed by atoms with van der Waals surface area (Å²) in [7, 11) is 1.72. The van der Waals surface area contributed by atoms with Crippen molar-refractivity contribution in [1.82, 2.24) is 0 Å². The van der Waals surface area contributed by atoms with Gasteiger partial charge in [-0.3, -0.25) is 4.79 Å². The fourth-order valence-electron chi connectivity index (χ4n) is 1.88. The number of hydrogen-bond acceptors (Lipinski definition) is 3. The molecule has 0 aliphatic heterocycles. The highest BCUT2D eigenvalue weighted by Gasteiger charge is 2.10. The van der Waals surface area contributed by atoms with E-state index in [2.05, 4.69) is 16.9 Å². The number of esters is 1. The summed E-state index contributed by atoms with van der Waals surface area (Å²) in [5.41, 5.74) is 2.98. The van der Waals surface area contributed by atoms with Crippen molar-refractivity contribution in [3.63, 3.8) is 0 Å². The lowest BCUT2D eigenvalue weighted by Gasteiger charge is -2.02. The second-order valence-electron chi connectivity index (χ2n) is 3.91. The summed E-state index contributed by atoms with van der Waals surface area (Å²) in [5.74, 6) is 0.781. The van der Waals surface area contributed by atoms with Crippen molar-refractivity contribution in [1.29, 1.82) is 0 Å². The van der Waals surface area contributed by atoms with Crippen LogP contribution in [0.3, 0.4) is 0 Å². The Balaban J connectivity index is 0.000000350. The second kappa shape index (κ2) is 10.4. The minimum Gasteiger partial charge on any atom is -0.497 e. The number of fused-ring (bicyclic) bond motifs is 1. The lowest BCUT2D eigenvalue weighted by Crippen LogP contribution is -1.95. The molecule has 108 valence electrons. The molecule has 0 saturated carbocycles. The van der Waals surface area contributed by atoms with Gasteiger partial charge in [0.2, 0.25) is 0 Å². The van der Waals surface area contributed by atoms with Gasteiger partial charge in [-0.15, -0.1) is 0 Å². The van der Waals surface area contributed by atoms with Crippen LogP contribution >= 0.6 is 0 Å². The van der Waals surface area contributed by atoms with Gasteiger partial charge in [0.05, 0.1) is 13.7 Å². The highest BCUT2D eigenvalue weighted by molar-refractivity contribution is 5.65. The van der Waals surface area contributed by atoms with Gasteiger partial charge >= 0.3 is 5.97 Å². The fourth-order valence-corrected chi connectivity index (χ4v) is 1.88. The maximum atomic E-state index is 9.82. The normalized spacial score (nSPS) is 11.2. The fraction of sp³-hybridized carbons (Fsp3) is 0.562. The van der Waals surface area contributed by atoms with E-state index in [4.69, 9.17) is 4.74 Å². The number of ether oxygens (including phenoxy) is 2. The van der Waals surface area contributed by atoms with Crippen molar-refractivity contribution in [2.75, 3.05) is 13.7 Å². The molecule has 1 aromatic rings. The summed E-state index contributed by atoms with van der Waals surface area (Å²) in [6, 6.07) is 6.38. The standard InChI is InChI=1S/C10H12O.C4H8O2.C2H6/c1-11-10-6-5-8-3-2-4-9(8)7-10;1-3-6-4(2)5;1-2/h5-7H,2-4H2,1H3;3H2,1-2H3;1-2H3. The summed E-state index contributed by atoms with van der Waals surface area (Å²) in [5, 5.41) is 0. The molecule has 0 saturated heterocycles. The average Bonchev–Trinajstić information content (AvgIpc) is 2.88. The van der Waals surface area contributed by atoms with E-state index in [9.17, 15) is 4.79 Å². The molecule has 0 atom stereocenters. The van der Waals surface area contributed by atoms with Crippen molar-refractivity contribution in [3.05, 3.63) is 29.3 Å². The van der Waals surface area contributed by atoms with E-state index in [1.807, 2.05) is 19.9 Å². The van der Waals surface area contributed by atoms with Crippen LogP contribution in [0, 0.1) is 0 Å². The summed E-state index contributed by atoms with van der Waals surface area (Å²) in [6.45, 7) is 7.65. The van der Waals surface area contributed by atoms with Crippen LogP contribution in [0.15, 0.2) is 18.2 Å². The van der Waals surface area contributed by atoms with E-state index in [1.165, 1.54) is 37.3 Å². The Hall–Kier alpha value is -1.51. The van der Waals surface area contributed by atoms with Gasteiger partial charge in [-0.1, -0.05) is 19.9 Å². The molecule has 3 heteroatoms. The molecular weight excluding hydrogens is 240 g/mol. The zero-order valence-electron chi connectivity index (χ0n) is 12.8. The number of rotatable bonds is 2. The first-order valence-corrected chi connectivity index (χ1v) is 6.96. The van der Waals surface area contributed by atoms with Crippen LogP contribution in [0.1, 0.15) is 45.2 Å². The number of methoxy groups -OCH3 is 1. The van der Waals surface area contributed by atoms with Gasteiger partial charge in [-0.25, -0.2) is 0 Å². The van der Waals surface area contributed by atoms with Crippen LogP contribution in [-0.4, -0.2) is 19.7 Å². The molecule has 0 N–H and O–H groups in total. The molecule has 1 aromatic carbocycles. The Bertz CT molecular complexity index is 372. The van der Waals surface area contributed by atoms with E-state index in [0.717, 1.165) is 5.75 Å². The molecule has 0 amide bonds. The van der Waals surface area contributed by atoms with Crippen molar-refractivity contribution in [2.24, 2.45) is 0 Å². The molecule has 0 unspecified atom stereocenters. The summed E-state index contributed by atoms with van der Waals surface area (Å²) in [4.78, 5) is 9.82. The quantitative estimate of drug-likeness (QED) is 0.764. The maximum Gasteiger partial charge on any atom is 0.302 e. The van der Waals surface area contributed by atoms with Crippen LogP contribution < -0.4 is 4.74 Å². The van der Waals surface area contributed by atoms with Gasteiger partial charge in [0.25, 0.3) is 0 Å². The van der Waals surface area contributed by atoms with E-state index in [1.54, 1.807) is 14.0 Å². The molecule has 0 radical (unpaired) electrons. The molecule has 2 rings (SSSR count). The number of carbonyl (C=O) groups is 1. The summed E-state index contributed by atoms with van der Waals surface area (Å²) in [6.07, 6.45) is 3.79. The minimum atomic E-state index is -0.211. The second-order valence-corrected chi connectivity index (χ2v) is 3.91. The molecule has 1 aliphatic carbocycles. The lowest BCUT2D eigenvalue weighted by atomic mass is 10.1. The van der Waals surface area contributed by atoms with Crippen molar-refractivity contribution in [2.45, 2.75) is 47.0 Å². The van der Waals surface area contributed by atoms with Gasteiger partial charge < -0.3 is 9.47 Å². The largest absolute Gasteiger partial charge is 0.497 e. The number of aryl methyl sites for hydroxylation is 2. The highest BCUT2D eigenvalue weighted by Crippen LogP contribution is 2.25. The third-order valence-corrected chi connectivity index (χ3v) is 2.65. The summed E-state index contributed by atoms with van der Waals surface area (Å²) < 4.78 is 9.54. The lowest BCUT2D eigenvalue weighted by molar-refractivity contribution is -0.140. The zero-order valence-corrected chi connectivity index (χ0v) is 12.8. The van der Waals surface area contributed by atoms with Crippen LogP contribution in [0.2, 0.25) is 0 Å². The Morgan fingerprint density at radius 2 is 1.84 bits per heavy atom. The molecular formula is C16H26O3. The first kappa shape index (κ1) is 17.5. The van der Waals surface area contributed by atoms with E-state index >= 15 is 0 Å². The molecule has 1 aliphatic rings. The van der Waals surface area contributed by atoms with E-state index in [0.29, 0.717) is 6.61 Å². The first-order chi connectivity index (χ1) is 9.17. The van der Waals surface area contributed by atoms with Crippen LogP contribution in [0.5, 0.6) is 5.75 Å². The predicted molar refractivity (Wildman–Crippen MR) is 78.7 cm³/mol. The molecule has 0 spiro atoms. The Morgan fingerprint density at radius 1 is 1.21 bits per heavy atom. The molecule has 0 fully saturated rings. The highest BCUT2D eigenvalue weighted by atomic mass is 16.5. The van der Waals surface area contributed by atoms with Crippen LogP contribution in [0.25, 0.3) is 0 Å². The zero-order chi connectivity index (χ0) is 14.7. The number of carbonyl (C=O) groups excluding carboxylic acids is 1. The molecule has 0 bridgehead atoms. The Labute approximate surface area is 116 Å². The molecule has 19 heavy (non-hydrogen) atoms. The van der Waals surface area contributed by atoms with E-state index in [-0.39, 0.29) is 5.97 Å². The third kappa shape index (κ3) is 6.85. The molecule has 0 heterocycles. The van der Waals surface area contributed by atoms with Crippen LogP contribution in [-0.2, 0) is 22.4 Å². The third-order valence-electron chi connectivity index (χ3n) is 2.65. The number of hydrogen-bond donors (Lipinski definition) is 0. The van der Waals surface area contributed by atoms with E-state index < -0.39 is 0 Å². The summed E-state index contributed by atoms with van der Waals surface area (Å²) >= 11 is 0. The van der Waals surface area contributed by atoms with Crippen LogP contribution in [0.4, 0.5) is 0 Å². The smallest absolute Gasteiger partial charge is 0.302 e. The van der Waals surface area contributed by atoms with Gasteiger partial charge in [0.15, 0.2) is 0 Å². The Kier molecular flexibility index (Phi) is 9.59.